The Morgan fingerprint density at radius 1 is 1.10 bits per heavy atom. The van der Waals surface area contributed by atoms with E-state index in [9.17, 15) is 18.0 Å². The number of primary amides is 1. The highest BCUT2D eigenvalue weighted by Crippen LogP contribution is 2.37. The summed E-state index contributed by atoms with van der Waals surface area (Å²) in [6, 6.07) is 15.7. The summed E-state index contributed by atoms with van der Waals surface area (Å²) in [7, 11) is 2.18. The van der Waals surface area contributed by atoms with Gasteiger partial charge in [0, 0.05) is 30.5 Å². The lowest BCUT2D eigenvalue weighted by Crippen LogP contribution is -3.10. The number of nitrogens with zero attached hydrogens (tertiary/aromatic N) is 2. The molecule has 0 unspecified atom stereocenters. The Labute approximate surface area is 223 Å². The zero-order valence-corrected chi connectivity index (χ0v) is 21.7. The van der Waals surface area contributed by atoms with E-state index in [1.807, 2.05) is 22.8 Å². The van der Waals surface area contributed by atoms with Crippen LogP contribution >= 0.6 is 0 Å². The van der Waals surface area contributed by atoms with Gasteiger partial charge in [-0.3, -0.25) is 9.36 Å². The maximum atomic E-state index is 13.6. The molecular weight excluding hydrogens is 509 g/mol. The van der Waals surface area contributed by atoms with Crippen molar-refractivity contribution in [1.82, 2.24) is 9.55 Å². The topological polar surface area (TPSA) is 83.8 Å². The lowest BCUT2D eigenvalue weighted by molar-refractivity contribution is -0.885. The first-order chi connectivity index (χ1) is 18.6. The molecule has 2 heterocycles. The predicted molar refractivity (Wildman–Crippen MR) is 140 cm³/mol. The largest absolute Gasteiger partial charge is 0.490 e. The number of nitrogens with one attached hydrogen (secondary N) is 1. The van der Waals surface area contributed by atoms with E-state index in [1.165, 1.54) is 36.1 Å². The van der Waals surface area contributed by atoms with Gasteiger partial charge in [0.2, 0.25) is 0 Å². The zero-order chi connectivity index (χ0) is 27.7. The fraction of sp³-hybridized carbons (Fsp3) is 0.310. The smallest absolute Gasteiger partial charge is 0.416 e. The van der Waals surface area contributed by atoms with Crippen LogP contribution in [0, 0.1) is 0 Å². The molecule has 7 nitrogen and oxygen atoms in total. The van der Waals surface area contributed by atoms with Gasteiger partial charge in [0.1, 0.15) is 30.0 Å². The molecule has 1 atom stereocenters. The molecule has 1 amide bonds. The molecule has 0 saturated carbocycles. The summed E-state index contributed by atoms with van der Waals surface area (Å²) < 4.78 is 54.7. The number of likely N-dealkylation sites (tertiary alicyclic amines) is 1. The number of carbonyl (C=O) groups excluding carboxylic acids is 1. The number of imidazole rings is 1. The van der Waals surface area contributed by atoms with Gasteiger partial charge in [-0.1, -0.05) is 18.2 Å². The molecule has 1 aliphatic rings. The van der Waals surface area contributed by atoms with Crippen molar-refractivity contribution in [3.63, 3.8) is 0 Å². The van der Waals surface area contributed by atoms with E-state index < -0.39 is 23.8 Å². The third-order valence-electron chi connectivity index (χ3n) is 7.12. The van der Waals surface area contributed by atoms with E-state index in [-0.39, 0.29) is 23.0 Å². The molecule has 3 aromatic carbocycles. The first-order valence-electron chi connectivity index (χ1n) is 12.8. The molecule has 204 valence electrons. The van der Waals surface area contributed by atoms with Crippen LogP contribution in [0.25, 0.3) is 16.7 Å². The molecular formula is C29H30F3N4O3+. The quantitative estimate of drug-likeness (QED) is 0.366. The third kappa shape index (κ3) is 5.70. The van der Waals surface area contributed by atoms with Gasteiger partial charge < -0.3 is 20.1 Å². The van der Waals surface area contributed by atoms with E-state index in [1.54, 1.807) is 18.5 Å². The van der Waals surface area contributed by atoms with Crippen molar-refractivity contribution in [2.24, 2.45) is 5.73 Å². The minimum atomic E-state index is -4.55. The zero-order valence-electron chi connectivity index (χ0n) is 21.7. The number of piperidine rings is 1. The van der Waals surface area contributed by atoms with Crippen molar-refractivity contribution in [3.8, 4) is 17.2 Å². The van der Waals surface area contributed by atoms with E-state index in [0.717, 1.165) is 48.8 Å². The van der Waals surface area contributed by atoms with E-state index in [4.69, 9.17) is 15.2 Å². The predicted octanol–water partition coefficient (Wildman–Crippen LogP) is 4.34. The van der Waals surface area contributed by atoms with Crippen LogP contribution in [0.3, 0.4) is 0 Å². The van der Waals surface area contributed by atoms with Crippen molar-refractivity contribution in [2.75, 3.05) is 20.1 Å². The number of aromatic nitrogens is 2. The second-order valence-corrected chi connectivity index (χ2v) is 9.93. The van der Waals surface area contributed by atoms with Gasteiger partial charge in [-0.05, 0) is 37.3 Å². The van der Waals surface area contributed by atoms with Gasteiger partial charge in [0.05, 0.1) is 48.0 Å². The number of amides is 1. The van der Waals surface area contributed by atoms with E-state index in [0.29, 0.717) is 5.69 Å². The fourth-order valence-electron chi connectivity index (χ4n) is 4.99. The Bertz CT molecular complexity index is 1490. The Morgan fingerprint density at radius 2 is 1.85 bits per heavy atom. The van der Waals surface area contributed by atoms with Crippen molar-refractivity contribution < 1.29 is 32.3 Å². The van der Waals surface area contributed by atoms with Gasteiger partial charge in [-0.15, -0.1) is 0 Å². The molecule has 10 heteroatoms. The summed E-state index contributed by atoms with van der Waals surface area (Å²) in [5.41, 5.74) is 6.91. The number of fused-ring (bicyclic) bond motifs is 1. The molecule has 0 spiro atoms. The van der Waals surface area contributed by atoms with Gasteiger partial charge in [-0.2, -0.15) is 13.2 Å². The van der Waals surface area contributed by atoms with Gasteiger partial charge in [-0.25, -0.2) is 4.98 Å². The standard InChI is InChI=1S/C29H29F3N4O3/c1-18(22-5-3-4-6-24(22)29(30,31)32)38-27-15-19(7-9-23(27)28(33)37)36-17-34-25-16-21(8-10-26(25)36)39-20-11-13-35(2)14-12-20/h3-10,15-18,20H,11-14H2,1-2H3,(H2,33,37)/p+1/t18-/m1/s1. The maximum Gasteiger partial charge on any atom is 0.416 e. The molecule has 5 rings (SSSR count). The number of ether oxygens (including phenoxy) is 2. The van der Waals surface area contributed by atoms with E-state index in [2.05, 4.69) is 12.0 Å². The average Bonchev–Trinajstić information content (AvgIpc) is 3.32. The fourth-order valence-corrected chi connectivity index (χ4v) is 4.99. The first kappa shape index (κ1) is 26.6. The van der Waals surface area contributed by atoms with Crippen LogP contribution in [0.4, 0.5) is 13.2 Å². The summed E-state index contributed by atoms with van der Waals surface area (Å²) in [6.07, 6.45) is -1.73. The molecule has 0 radical (unpaired) electrons. The van der Waals surface area contributed by atoms with Crippen LogP contribution < -0.4 is 20.1 Å². The molecule has 1 fully saturated rings. The number of hydrogen-bond acceptors (Lipinski definition) is 4. The number of alkyl halides is 3. The van der Waals surface area contributed by atoms with Crippen molar-refractivity contribution in [1.29, 1.82) is 0 Å². The summed E-state index contributed by atoms with van der Waals surface area (Å²) >= 11 is 0. The molecule has 3 N–H and O–H groups in total. The van der Waals surface area contributed by atoms with Gasteiger partial charge in [0.25, 0.3) is 5.91 Å². The monoisotopic (exact) mass is 539 g/mol. The number of quaternary nitrogens is 1. The van der Waals surface area contributed by atoms with Gasteiger partial charge in [0.15, 0.2) is 0 Å². The normalized spacial score (nSPS) is 18.6. The SMILES string of the molecule is C[C@@H](Oc1cc(-n2cnc3cc(OC4CC[NH+](C)CC4)ccc32)ccc1C(N)=O)c1ccccc1C(F)(F)F. The molecule has 0 bridgehead atoms. The Balaban J connectivity index is 1.43. The van der Waals surface area contributed by atoms with Gasteiger partial charge >= 0.3 is 6.18 Å². The molecule has 1 aliphatic heterocycles. The molecule has 4 aromatic rings. The first-order valence-corrected chi connectivity index (χ1v) is 12.8. The summed E-state index contributed by atoms with van der Waals surface area (Å²) in [5.74, 6) is 0.0823. The van der Waals surface area contributed by atoms with E-state index >= 15 is 0 Å². The molecule has 1 aromatic heterocycles. The van der Waals surface area contributed by atoms with Crippen molar-refractivity contribution >= 4 is 16.9 Å². The number of nitrogens with two attached hydrogens (primary N) is 1. The van der Waals surface area contributed by atoms with Crippen molar-refractivity contribution in [3.05, 3.63) is 83.7 Å². The van der Waals surface area contributed by atoms with Crippen LogP contribution in [0.1, 0.15) is 47.4 Å². The highest BCUT2D eigenvalue weighted by molar-refractivity contribution is 5.96. The minimum absolute atomic E-state index is 0.0440. The summed E-state index contributed by atoms with van der Waals surface area (Å²) in [4.78, 5) is 18.1. The van der Waals surface area contributed by atoms with Crippen LogP contribution in [0.5, 0.6) is 11.5 Å². The average molecular weight is 540 g/mol. The maximum absolute atomic E-state index is 13.6. The molecule has 0 aliphatic carbocycles. The molecule has 39 heavy (non-hydrogen) atoms. The number of hydrogen-bond donors (Lipinski definition) is 2. The third-order valence-corrected chi connectivity index (χ3v) is 7.12. The summed E-state index contributed by atoms with van der Waals surface area (Å²) in [5, 5.41) is 0. The number of benzene rings is 3. The van der Waals surface area contributed by atoms with Crippen LogP contribution in [0.15, 0.2) is 67.0 Å². The second kappa shape index (κ2) is 10.6. The van der Waals surface area contributed by atoms with Crippen LogP contribution in [-0.4, -0.2) is 41.7 Å². The Hall–Kier alpha value is -4.05. The highest BCUT2D eigenvalue weighted by atomic mass is 19.4. The second-order valence-electron chi connectivity index (χ2n) is 9.93. The van der Waals surface area contributed by atoms with Crippen molar-refractivity contribution in [2.45, 2.75) is 38.1 Å². The Kier molecular flexibility index (Phi) is 7.22. The minimum Gasteiger partial charge on any atom is -0.490 e. The highest BCUT2D eigenvalue weighted by Gasteiger charge is 2.35. The van der Waals surface area contributed by atoms with Crippen LogP contribution in [-0.2, 0) is 6.18 Å². The lowest BCUT2D eigenvalue weighted by atomic mass is 10.0. The Morgan fingerprint density at radius 3 is 2.56 bits per heavy atom. The number of halogens is 3. The number of rotatable bonds is 7. The molecule has 1 saturated heterocycles. The summed E-state index contributed by atoms with van der Waals surface area (Å²) in [6.45, 7) is 3.66. The van der Waals surface area contributed by atoms with Crippen LogP contribution in [0.2, 0.25) is 0 Å². The number of carbonyl (C=O) groups is 1. The lowest BCUT2D eigenvalue weighted by Gasteiger charge is -2.27.